The summed E-state index contributed by atoms with van der Waals surface area (Å²) >= 11 is 0. The van der Waals surface area contributed by atoms with Crippen molar-refractivity contribution in [1.29, 1.82) is 0 Å². The van der Waals surface area contributed by atoms with Crippen LogP contribution in [0.1, 0.15) is 161 Å². The highest BCUT2D eigenvalue weighted by Crippen LogP contribution is 2.28. The van der Waals surface area contributed by atoms with Gasteiger partial charge in [-0.05, 0) is 65.8 Å². The van der Waals surface area contributed by atoms with Crippen LogP contribution >= 0.6 is 0 Å². The van der Waals surface area contributed by atoms with E-state index in [-0.39, 0.29) is 0 Å². The van der Waals surface area contributed by atoms with Crippen molar-refractivity contribution < 1.29 is 14.0 Å². The van der Waals surface area contributed by atoms with Gasteiger partial charge in [-0.15, -0.1) is 0 Å². The van der Waals surface area contributed by atoms with Crippen LogP contribution in [0.4, 0.5) is 0 Å². The highest BCUT2D eigenvalue weighted by Gasteiger charge is 2.04. The number of nitrogens with zero attached hydrogens (tertiary/aromatic N) is 1. The van der Waals surface area contributed by atoms with Crippen LogP contribution in [0.15, 0.2) is 103 Å². The van der Waals surface area contributed by atoms with Gasteiger partial charge < -0.3 is 9.47 Å². The second-order valence-electron chi connectivity index (χ2n) is 15.6. The van der Waals surface area contributed by atoms with E-state index in [1.54, 1.807) is 0 Å². The molecule has 0 saturated heterocycles. The van der Waals surface area contributed by atoms with E-state index < -0.39 is 0 Å². The van der Waals surface area contributed by atoms with E-state index in [1.807, 2.05) is 0 Å². The first kappa shape index (κ1) is 43.1. The summed E-state index contributed by atoms with van der Waals surface area (Å²) in [5, 5.41) is 0. The van der Waals surface area contributed by atoms with Crippen LogP contribution in [0, 0.1) is 0 Å². The van der Waals surface area contributed by atoms with Gasteiger partial charge in [0.25, 0.3) is 0 Å². The zero-order chi connectivity index (χ0) is 37.6. The van der Waals surface area contributed by atoms with Gasteiger partial charge in [-0.1, -0.05) is 190 Å². The standard InChI is InChI=1S/C51H74NO2/c1-2-3-4-5-6-7-8-9-10-12-15-18-21-27-44-53-50-37-33-48(34-38-50)46-29-31-47(32-30-46)49-35-39-51(40-36-49)54-45-28-22-19-16-13-11-14-17-20-24-41-52-42-25-23-26-43-52/h23,25-26,29-40,42-43H,2-22,24,27-28,41,44-45H2,1H3/q+1. The third kappa shape index (κ3) is 19.1. The quantitative estimate of drug-likeness (QED) is 0.0368. The van der Waals surface area contributed by atoms with Gasteiger partial charge in [0.05, 0.1) is 13.2 Å². The van der Waals surface area contributed by atoms with E-state index in [0.29, 0.717) is 0 Å². The van der Waals surface area contributed by atoms with Crippen LogP contribution in [-0.2, 0) is 6.54 Å². The molecule has 0 bridgehead atoms. The maximum atomic E-state index is 6.06. The lowest BCUT2D eigenvalue weighted by molar-refractivity contribution is -0.697. The summed E-state index contributed by atoms with van der Waals surface area (Å²) in [5.74, 6) is 1.94. The first-order valence-corrected chi connectivity index (χ1v) is 22.3. The van der Waals surface area contributed by atoms with Gasteiger partial charge in [-0.25, -0.2) is 4.57 Å². The fraction of sp³-hybridized carbons (Fsp3) is 0.549. The summed E-state index contributed by atoms with van der Waals surface area (Å²) in [6.45, 7) is 5.05. The number of rotatable bonds is 32. The van der Waals surface area contributed by atoms with Gasteiger partial charge in [0.2, 0.25) is 0 Å². The molecule has 4 rings (SSSR count). The molecule has 0 saturated carbocycles. The van der Waals surface area contributed by atoms with Crippen molar-refractivity contribution in [3.8, 4) is 33.8 Å². The molecule has 0 aliphatic heterocycles. The number of hydrogen-bond donors (Lipinski definition) is 0. The largest absolute Gasteiger partial charge is 0.494 e. The van der Waals surface area contributed by atoms with Gasteiger partial charge in [-0.3, -0.25) is 0 Å². The van der Waals surface area contributed by atoms with Crippen LogP contribution in [0.25, 0.3) is 22.3 Å². The van der Waals surface area contributed by atoms with Crippen LogP contribution in [0.2, 0.25) is 0 Å². The highest BCUT2D eigenvalue weighted by molar-refractivity contribution is 5.71. The Morgan fingerprint density at radius 3 is 0.981 bits per heavy atom. The second kappa shape index (κ2) is 28.8. The Balaban J connectivity index is 0.977. The molecule has 4 aromatic rings. The van der Waals surface area contributed by atoms with Crippen molar-refractivity contribution in [2.45, 2.75) is 168 Å². The van der Waals surface area contributed by atoms with E-state index >= 15 is 0 Å². The summed E-state index contributed by atoms with van der Waals surface area (Å²) < 4.78 is 14.4. The minimum absolute atomic E-state index is 0.802. The SMILES string of the molecule is CCCCCCCCCCCCCCCCOc1ccc(-c2ccc(-c3ccc(OCCCCCCCCCCCC[n+]4ccccc4)cc3)cc2)cc1. The highest BCUT2D eigenvalue weighted by atomic mass is 16.5. The monoisotopic (exact) mass is 733 g/mol. The maximum Gasteiger partial charge on any atom is 0.168 e. The predicted octanol–water partition coefficient (Wildman–Crippen LogP) is 15.1. The minimum atomic E-state index is 0.802. The van der Waals surface area contributed by atoms with Gasteiger partial charge in [0.1, 0.15) is 18.0 Å². The first-order chi connectivity index (χ1) is 26.8. The Morgan fingerprint density at radius 1 is 0.333 bits per heavy atom. The summed E-state index contributed by atoms with van der Waals surface area (Å²) in [5.41, 5.74) is 4.89. The lowest BCUT2D eigenvalue weighted by Crippen LogP contribution is -2.32. The van der Waals surface area contributed by atoms with Crippen LogP contribution in [0.3, 0.4) is 0 Å². The molecule has 3 heteroatoms. The minimum Gasteiger partial charge on any atom is -0.494 e. The summed E-state index contributed by atoms with van der Waals surface area (Å²) in [4.78, 5) is 0. The molecular weight excluding hydrogens is 659 g/mol. The molecule has 0 amide bonds. The molecular formula is C51H74NO2+. The van der Waals surface area contributed by atoms with E-state index in [2.05, 4.69) is 115 Å². The molecule has 1 heterocycles. The zero-order valence-corrected chi connectivity index (χ0v) is 34.2. The molecule has 1 aromatic heterocycles. The molecule has 0 fully saturated rings. The molecule has 0 unspecified atom stereocenters. The van der Waals surface area contributed by atoms with Crippen molar-refractivity contribution in [1.82, 2.24) is 0 Å². The zero-order valence-electron chi connectivity index (χ0n) is 34.2. The molecule has 0 atom stereocenters. The van der Waals surface area contributed by atoms with Crippen molar-refractivity contribution in [2.75, 3.05) is 13.2 Å². The molecule has 0 radical (unpaired) electrons. The lowest BCUT2D eigenvalue weighted by Gasteiger charge is -2.09. The molecule has 54 heavy (non-hydrogen) atoms. The fourth-order valence-electron chi connectivity index (χ4n) is 7.41. The smallest absolute Gasteiger partial charge is 0.168 e. The molecule has 0 aliphatic carbocycles. The van der Waals surface area contributed by atoms with Crippen molar-refractivity contribution in [2.24, 2.45) is 0 Å². The Labute approximate surface area is 330 Å². The van der Waals surface area contributed by atoms with E-state index in [1.165, 1.54) is 164 Å². The topological polar surface area (TPSA) is 22.3 Å². The summed E-state index contributed by atoms with van der Waals surface area (Å²) in [7, 11) is 0. The molecule has 3 nitrogen and oxygen atoms in total. The van der Waals surface area contributed by atoms with Gasteiger partial charge in [0.15, 0.2) is 12.4 Å². The Kier molecular flexibility index (Phi) is 23.0. The third-order valence-electron chi connectivity index (χ3n) is 10.9. The van der Waals surface area contributed by atoms with Crippen molar-refractivity contribution in [3.05, 3.63) is 103 Å². The Bertz CT molecular complexity index is 1430. The lowest BCUT2D eigenvalue weighted by atomic mass is 10.0. The van der Waals surface area contributed by atoms with Gasteiger partial charge in [0, 0.05) is 18.6 Å². The molecule has 0 spiro atoms. The maximum absolute atomic E-state index is 6.06. The fourth-order valence-corrected chi connectivity index (χ4v) is 7.41. The number of unbranched alkanes of at least 4 members (excludes halogenated alkanes) is 22. The first-order valence-electron chi connectivity index (χ1n) is 22.3. The number of ether oxygens (including phenoxy) is 2. The van der Waals surface area contributed by atoms with Crippen molar-refractivity contribution in [3.63, 3.8) is 0 Å². The average Bonchev–Trinajstić information content (AvgIpc) is 3.22. The third-order valence-corrected chi connectivity index (χ3v) is 10.9. The summed E-state index contributed by atoms with van der Waals surface area (Å²) in [6, 6.07) is 32.3. The van der Waals surface area contributed by atoms with E-state index in [4.69, 9.17) is 9.47 Å². The Morgan fingerprint density at radius 2 is 0.630 bits per heavy atom. The average molecular weight is 733 g/mol. The van der Waals surface area contributed by atoms with Crippen LogP contribution < -0.4 is 14.0 Å². The molecule has 294 valence electrons. The van der Waals surface area contributed by atoms with Gasteiger partial charge >= 0.3 is 0 Å². The van der Waals surface area contributed by atoms with Crippen LogP contribution in [-0.4, -0.2) is 13.2 Å². The normalized spacial score (nSPS) is 11.2. The predicted molar refractivity (Wildman–Crippen MR) is 231 cm³/mol. The van der Waals surface area contributed by atoms with E-state index in [9.17, 15) is 0 Å². The number of hydrogen-bond acceptors (Lipinski definition) is 2. The molecule has 3 aromatic carbocycles. The summed E-state index contributed by atoms with van der Waals surface area (Å²) in [6.07, 6.45) is 36.9. The Hall–Kier alpha value is -3.59. The number of aromatic nitrogens is 1. The van der Waals surface area contributed by atoms with Crippen molar-refractivity contribution >= 4 is 0 Å². The number of aryl methyl sites for hydroxylation is 1. The molecule has 0 N–H and O–H groups in total. The number of benzene rings is 3. The van der Waals surface area contributed by atoms with Crippen LogP contribution in [0.5, 0.6) is 11.5 Å². The number of pyridine rings is 1. The van der Waals surface area contributed by atoms with Gasteiger partial charge in [-0.2, -0.15) is 0 Å². The molecule has 0 aliphatic rings. The second-order valence-corrected chi connectivity index (χ2v) is 15.6. The van der Waals surface area contributed by atoms with E-state index in [0.717, 1.165) is 44.1 Å².